The smallest absolute Gasteiger partial charge is 0.0378 e. The number of halogens is 1. The van der Waals surface area contributed by atoms with E-state index in [4.69, 9.17) is 5.73 Å². The average molecular weight is 228 g/mol. The third kappa shape index (κ3) is 1.92. The summed E-state index contributed by atoms with van der Waals surface area (Å²) in [5, 5.41) is 1.34. The van der Waals surface area contributed by atoms with Crippen LogP contribution in [0.4, 0.5) is 0 Å². The number of hydrogen-bond donors (Lipinski definition) is 1. The summed E-state index contributed by atoms with van der Waals surface area (Å²) in [4.78, 5) is 1.27. The van der Waals surface area contributed by atoms with Crippen LogP contribution in [-0.4, -0.2) is 0 Å². The third-order valence-corrected chi connectivity index (χ3v) is 3.51. The van der Waals surface area contributed by atoms with Crippen LogP contribution in [0, 0.1) is 0 Å². The molecule has 2 aromatic rings. The van der Waals surface area contributed by atoms with E-state index < -0.39 is 0 Å². The first kappa shape index (κ1) is 11.5. The fourth-order valence-electron chi connectivity index (χ4n) is 1.56. The Morgan fingerprint density at radius 2 is 2.14 bits per heavy atom. The number of aryl methyl sites for hydroxylation is 1. The Kier molecular flexibility index (Phi) is 3.93. The largest absolute Gasteiger partial charge is 0.326 e. The summed E-state index contributed by atoms with van der Waals surface area (Å²) >= 11 is 1.82. The molecule has 0 saturated heterocycles. The maximum atomic E-state index is 5.62. The van der Waals surface area contributed by atoms with Crippen LogP contribution in [0.5, 0.6) is 0 Å². The molecule has 0 radical (unpaired) electrons. The Hall–Kier alpha value is -0.570. The maximum Gasteiger partial charge on any atom is 0.0378 e. The second-order valence-corrected chi connectivity index (χ2v) is 4.24. The van der Waals surface area contributed by atoms with Gasteiger partial charge in [-0.05, 0) is 23.4 Å². The Bertz CT molecular complexity index is 422. The van der Waals surface area contributed by atoms with Gasteiger partial charge in [-0.2, -0.15) is 0 Å². The zero-order chi connectivity index (χ0) is 9.26. The molecule has 1 nitrogen and oxygen atoms in total. The minimum atomic E-state index is 0. The highest BCUT2D eigenvalue weighted by atomic mass is 35.5. The van der Waals surface area contributed by atoms with Crippen LogP contribution in [-0.2, 0) is 13.0 Å². The Labute approximate surface area is 94.3 Å². The van der Waals surface area contributed by atoms with Crippen LogP contribution in [0.25, 0.3) is 10.1 Å². The number of benzene rings is 1. The molecule has 1 aromatic carbocycles. The van der Waals surface area contributed by atoms with E-state index in [1.54, 1.807) is 0 Å². The van der Waals surface area contributed by atoms with Gasteiger partial charge in [0.25, 0.3) is 0 Å². The van der Waals surface area contributed by atoms with Gasteiger partial charge in [0, 0.05) is 16.1 Å². The van der Waals surface area contributed by atoms with Crippen molar-refractivity contribution in [3.8, 4) is 0 Å². The minimum absolute atomic E-state index is 0. The lowest BCUT2D eigenvalue weighted by Crippen LogP contribution is -1.91. The maximum absolute atomic E-state index is 5.62. The molecule has 0 unspecified atom stereocenters. The van der Waals surface area contributed by atoms with Gasteiger partial charge < -0.3 is 5.73 Å². The highest BCUT2D eigenvalue weighted by molar-refractivity contribution is 7.19. The van der Waals surface area contributed by atoms with Gasteiger partial charge in [0.05, 0.1) is 0 Å². The van der Waals surface area contributed by atoms with Crippen molar-refractivity contribution < 1.29 is 0 Å². The lowest BCUT2D eigenvalue weighted by atomic mass is 10.1. The van der Waals surface area contributed by atoms with Gasteiger partial charge >= 0.3 is 0 Å². The van der Waals surface area contributed by atoms with Crippen molar-refractivity contribution in [1.29, 1.82) is 0 Å². The first-order valence-corrected chi connectivity index (χ1v) is 5.37. The molecule has 0 spiro atoms. The van der Waals surface area contributed by atoms with Crippen molar-refractivity contribution >= 4 is 33.8 Å². The summed E-state index contributed by atoms with van der Waals surface area (Å²) in [5.41, 5.74) is 7.05. The van der Waals surface area contributed by atoms with Crippen LogP contribution < -0.4 is 5.73 Å². The zero-order valence-electron chi connectivity index (χ0n) is 8.12. The van der Waals surface area contributed by atoms with Crippen molar-refractivity contribution in [2.24, 2.45) is 5.73 Å². The monoisotopic (exact) mass is 227 g/mol. The molecular formula is C11H14ClNS. The molecular weight excluding hydrogens is 214 g/mol. The molecule has 76 valence electrons. The predicted molar refractivity (Wildman–Crippen MR) is 66.3 cm³/mol. The molecule has 0 atom stereocenters. The van der Waals surface area contributed by atoms with E-state index in [-0.39, 0.29) is 12.4 Å². The third-order valence-electron chi connectivity index (χ3n) is 2.26. The summed E-state index contributed by atoms with van der Waals surface area (Å²) in [6.07, 6.45) is 1.10. The summed E-state index contributed by atoms with van der Waals surface area (Å²) in [7, 11) is 0. The highest BCUT2D eigenvalue weighted by Crippen LogP contribution is 2.28. The topological polar surface area (TPSA) is 26.0 Å². The molecule has 2 rings (SSSR count). The Morgan fingerprint density at radius 1 is 1.36 bits per heavy atom. The summed E-state index contributed by atoms with van der Waals surface area (Å²) in [6, 6.07) is 8.66. The molecule has 3 heteroatoms. The molecule has 0 bridgehead atoms. The number of hydrogen-bond acceptors (Lipinski definition) is 2. The molecule has 0 aliphatic rings. The number of nitrogens with two attached hydrogens (primary N) is 1. The molecule has 2 N–H and O–H groups in total. The summed E-state index contributed by atoms with van der Waals surface area (Å²) in [6.45, 7) is 2.85. The zero-order valence-corrected chi connectivity index (χ0v) is 9.75. The first-order valence-electron chi connectivity index (χ1n) is 4.55. The van der Waals surface area contributed by atoms with E-state index in [1.807, 2.05) is 11.3 Å². The van der Waals surface area contributed by atoms with E-state index in [1.165, 1.54) is 20.5 Å². The lowest BCUT2D eigenvalue weighted by molar-refractivity contribution is 1.11. The molecule has 0 fully saturated rings. The van der Waals surface area contributed by atoms with Gasteiger partial charge in [-0.15, -0.1) is 23.7 Å². The summed E-state index contributed by atoms with van der Waals surface area (Å²) < 4.78 is 1.41. The molecule has 0 aliphatic heterocycles. The first-order chi connectivity index (χ1) is 6.35. The van der Waals surface area contributed by atoms with Crippen molar-refractivity contribution in [1.82, 2.24) is 0 Å². The van der Waals surface area contributed by atoms with Gasteiger partial charge in [-0.25, -0.2) is 0 Å². The second kappa shape index (κ2) is 4.78. The van der Waals surface area contributed by atoms with E-state index in [9.17, 15) is 0 Å². The predicted octanol–water partition coefficient (Wildman–Crippen LogP) is 3.34. The van der Waals surface area contributed by atoms with Crippen LogP contribution >= 0.6 is 23.7 Å². The SMILES string of the molecule is CCc1cccc2cc(CN)sc12.Cl. The second-order valence-electron chi connectivity index (χ2n) is 3.11. The average Bonchev–Trinajstić information content (AvgIpc) is 2.59. The van der Waals surface area contributed by atoms with Crippen LogP contribution in [0.1, 0.15) is 17.4 Å². The molecule has 1 aromatic heterocycles. The van der Waals surface area contributed by atoms with Gasteiger partial charge in [0.15, 0.2) is 0 Å². The molecule has 14 heavy (non-hydrogen) atoms. The standard InChI is InChI=1S/C11H13NS.ClH/c1-2-8-4-3-5-9-6-10(7-12)13-11(8)9;/h3-6H,2,7,12H2,1H3;1H. The normalized spacial score (nSPS) is 10.1. The molecule has 0 saturated carbocycles. The fourth-order valence-corrected chi connectivity index (χ4v) is 2.68. The van der Waals surface area contributed by atoms with Crippen molar-refractivity contribution in [2.45, 2.75) is 19.9 Å². The van der Waals surface area contributed by atoms with Gasteiger partial charge in [0.1, 0.15) is 0 Å². The van der Waals surface area contributed by atoms with E-state index in [0.717, 1.165) is 6.42 Å². The van der Waals surface area contributed by atoms with E-state index >= 15 is 0 Å². The van der Waals surface area contributed by atoms with Crippen LogP contribution in [0.15, 0.2) is 24.3 Å². The van der Waals surface area contributed by atoms with E-state index in [0.29, 0.717) is 6.54 Å². The van der Waals surface area contributed by atoms with Crippen molar-refractivity contribution in [3.63, 3.8) is 0 Å². The van der Waals surface area contributed by atoms with Crippen LogP contribution in [0.2, 0.25) is 0 Å². The fraction of sp³-hybridized carbons (Fsp3) is 0.273. The van der Waals surface area contributed by atoms with Crippen molar-refractivity contribution in [2.75, 3.05) is 0 Å². The molecule has 0 aliphatic carbocycles. The Morgan fingerprint density at radius 3 is 2.79 bits per heavy atom. The van der Waals surface area contributed by atoms with E-state index in [2.05, 4.69) is 31.2 Å². The van der Waals surface area contributed by atoms with Gasteiger partial charge in [-0.1, -0.05) is 25.1 Å². The lowest BCUT2D eigenvalue weighted by Gasteiger charge is -1.96. The Balaban J connectivity index is 0.000000980. The number of thiophene rings is 1. The van der Waals surface area contributed by atoms with Crippen molar-refractivity contribution in [3.05, 3.63) is 34.7 Å². The number of fused-ring (bicyclic) bond motifs is 1. The van der Waals surface area contributed by atoms with Gasteiger partial charge in [-0.3, -0.25) is 0 Å². The molecule has 0 amide bonds. The van der Waals surface area contributed by atoms with Gasteiger partial charge in [0.2, 0.25) is 0 Å². The highest BCUT2D eigenvalue weighted by Gasteiger charge is 2.03. The quantitative estimate of drug-likeness (QED) is 0.837. The summed E-state index contributed by atoms with van der Waals surface area (Å²) in [5.74, 6) is 0. The minimum Gasteiger partial charge on any atom is -0.326 e. The van der Waals surface area contributed by atoms with Crippen LogP contribution in [0.3, 0.4) is 0 Å². The molecule has 1 heterocycles. The number of rotatable bonds is 2.